The Morgan fingerprint density at radius 1 is 1.00 bits per heavy atom. The van der Waals surface area contributed by atoms with Crippen molar-refractivity contribution in [3.63, 3.8) is 0 Å². The van der Waals surface area contributed by atoms with Crippen molar-refractivity contribution in [1.29, 1.82) is 0 Å². The molecular weight excluding hydrogens is 424 g/mol. The molecule has 0 amide bonds. The summed E-state index contributed by atoms with van der Waals surface area (Å²) in [4.78, 5) is 4.46. The van der Waals surface area contributed by atoms with Crippen LogP contribution in [0.3, 0.4) is 0 Å². The Morgan fingerprint density at radius 2 is 1.78 bits per heavy atom. The van der Waals surface area contributed by atoms with Crippen LogP contribution in [0.4, 0.5) is 5.95 Å². The van der Waals surface area contributed by atoms with E-state index in [1.165, 1.54) is 0 Å². The number of anilines is 1. The van der Waals surface area contributed by atoms with Crippen LogP contribution < -0.4 is 14.8 Å². The molecule has 7 heteroatoms. The molecule has 0 unspecified atom stereocenters. The second-order valence-corrected chi connectivity index (χ2v) is 8.08. The van der Waals surface area contributed by atoms with E-state index < -0.39 is 6.10 Å². The van der Waals surface area contributed by atoms with E-state index in [-0.39, 0.29) is 6.04 Å². The zero-order valence-electron chi connectivity index (χ0n) is 17.2. The Balaban J connectivity index is 1.62. The minimum atomic E-state index is -0.398. The van der Waals surface area contributed by atoms with Gasteiger partial charge in [0.05, 0.1) is 12.8 Å². The van der Waals surface area contributed by atoms with Crippen molar-refractivity contribution in [1.82, 2.24) is 14.8 Å². The lowest BCUT2D eigenvalue weighted by Gasteiger charge is -2.39. The minimum Gasteiger partial charge on any atom is -0.497 e. The summed E-state index contributed by atoms with van der Waals surface area (Å²) in [6.07, 6.45) is 1.17. The molecule has 32 heavy (non-hydrogen) atoms. The van der Waals surface area contributed by atoms with Crippen LogP contribution in [0.15, 0.2) is 84.7 Å². The molecule has 0 fully saturated rings. The van der Waals surface area contributed by atoms with Crippen LogP contribution in [-0.2, 0) is 0 Å². The zero-order chi connectivity index (χ0) is 21.7. The predicted octanol–water partition coefficient (Wildman–Crippen LogP) is 5.50. The molecule has 0 saturated heterocycles. The SMILES string of the molecule is COc1ccc([C@@H]2C3=C(Nc4ncnn42)c2ccccc2O[C@@H]3c2ccccc2Cl)cc1. The number of nitrogens with one attached hydrogen (secondary N) is 1. The van der Waals surface area contributed by atoms with Gasteiger partial charge in [0.25, 0.3) is 0 Å². The lowest BCUT2D eigenvalue weighted by Crippen LogP contribution is -2.32. The third-order valence-corrected chi connectivity index (χ3v) is 6.28. The highest BCUT2D eigenvalue weighted by molar-refractivity contribution is 6.31. The summed E-state index contributed by atoms with van der Waals surface area (Å²) < 4.78 is 13.8. The van der Waals surface area contributed by atoms with Gasteiger partial charge in [0.1, 0.15) is 23.9 Å². The van der Waals surface area contributed by atoms with Crippen LogP contribution in [0.2, 0.25) is 5.02 Å². The van der Waals surface area contributed by atoms with E-state index in [2.05, 4.69) is 33.6 Å². The van der Waals surface area contributed by atoms with Gasteiger partial charge < -0.3 is 14.8 Å². The molecule has 3 aromatic carbocycles. The first kappa shape index (κ1) is 19.0. The summed E-state index contributed by atoms with van der Waals surface area (Å²) in [6, 6.07) is 23.6. The van der Waals surface area contributed by atoms with Crippen molar-refractivity contribution >= 4 is 23.2 Å². The van der Waals surface area contributed by atoms with Crippen LogP contribution in [0.1, 0.15) is 28.8 Å². The summed E-state index contributed by atoms with van der Waals surface area (Å²) in [5.74, 6) is 2.27. The number of benzene rings is 3. The first-order valence-electron chi connectivity index (χ1n) is 10.3. The number of para-hydroxylation sites is 1. The summed E-state index contributed by atoms with van der Waals surface area (Å²) >= 11 is 6.65. The lowest BCUT2D eigenvalue weighted by atomic mass is 9.84. The molecule has 0 spiro atoms. The maximum atomic E-state index is 6.65. The van der Waals surface area contributed by atoms with E-state index >= 15 is 0 Å². The number of methoxy groups -OCH3 is 1. The number of hydrogen-bond acceptors (Lipinski definition) is 5. The molecule has 1 N–H and O–H groups in total. The highest BCUT2D eigenvalue weighted by Crippen LogP contribution is 2.51. The minimum absolute atomic E-state index is 0.232. The van der Waals surface area contributed by atoms with Crippen molar-refractivity contribution in [2.75, 3.05) is 12.4 Å². The summed E-state index contributed by atoms with van der Waals surface area (Å²) in [6.45, 7) is 0. The molecule has 2 aliphatic rings. The Hall–Kier alpha value is -3.77. The molecule has 3 heterocycles. The topological polar surface area (TPSA) is 61.2 Å². The number of aromatic nitrogens is 3. The molecule has 6 nitrogen and oxygen atoms in total. The lowest BCUT2D eigenvalue weighted by molar-refractivity contribution is 0.223. The average Bonchev–Trinajstić information content (AvgIpc) is 3.31. The maximum Gasteiger partial charge on any atom is 0.226 e. The van der Waals surface area contributed by atoms with E-state index in [9.17, 15) is 0 Å². The Morgan fingerprint density at radius 3 is 2.59 bits per heavy atom. The van der Waals surface area contributed by atoms with Gasteiger partial charge in [0, 0.05) is 21.7 Å². The molecular formula is C25H19ClN4O2. The van der Waals surface area contributed by atoms with E-state index in [1.807, 2.05) is 59.3 Å². The Bertz CT molecular complexity index is 1350. The summed E-state index contributed by atoms with van der Waals surface area (Å²) in [7, 11) is 1.66. The maximum absolute atomic E-state index is 6.65. The first-order valence-corrected chi connectivity index (χ1v) is 10.7. The van der Waals surface area contributed by atoms with Gasteiger partial charge in [-0.1, -0.05) is 54.1 Å². The van der Waals surface area contributed by atoms with Crippen LogP contribution in [-0.4, -0.2) is 21.9 Å². The van der Waals surface area contributed by atoms with Gasteiger partial charge in [-0.25, -0.2) is 4.68 Å². The zero-order valence-corrected chi connectivity index (χ0v) is 18.0. The Kier molecular flexibility index (Phi) is 4.40. The molecule has 0 saturated carbocycles. The van der Waals surface area contributed by atoms with E-state index in [1.54, 1.807) is 13.4 Å². The third kappa shape index (κ3) is 2.87. The highest BCUT2D eigenvalue weighted by atomic mass is 35.5. The van der Waals surface area contributed by atoms with Gasteiger partial charge in [-0.15, -0.1) is 0 Å². The monoisotopic (exact) mass is 442 g/mol. The van der Waals surface area contributed by atoms with Crippen molar-refractivity contribution in [2.45, 2.75) is 12.1 Å². The van der Waals surface area contributed by atoms with Crippen LogP contribution in [0.5, 0.6) is 11.5 Å². The third-order valence-electron chi connectivity index (χ3n) is 5.94. The van der Waals surface area contributed by atoms with Gasteiger partial charge in [-0.05, 0) is 35.9 Å². The number of nitrogens with zero attached hydrogens (tertiary/aromatic N) is 3. The van der Waals surface area contributed by atoms with E-state index in [4.69, 9.17) is 21.1 Å². The van der Waals surface area contributed by atoms with Gasteiger partial charge in [-0.2, -0.15) is 10.1 Å². The largest absolute Gasteiger partial charge is 0.497 e. The molecule has 6 rings (SSSR count). The summed E-state index contributed by atoms with van der Waals surface area (Å²) in [5.41, 5.74) is 4.93. The highest BCUT2D eigenvalue weighted by Gasteiger charge is 2.41. The molecule has 158 valence electrons. The normalized spacial score (nSPS) is 18.7. The molecule has 0 radical (unpaired) electrons. The molecule has 4 aromatic rings. The number of rotatable bonds is 3. The van der Waals surface area contributed by atoms with Crippen molar-refractivity contribution < 1.29 is 9.47 Å². The number of hydrogen-bond donors (Lipinski definition) is 1. The fraction of sp³-hybridized carbons (Fsp3) is 0.120. The summed E-state index contributed by atoms with van der Waals surface area (Å²) in [5, 5.41) is 8.70. The molecule has 0 bridgehead atoms. The smallest absolute Gasteiger partial charge is 0.226 e. The van der Waals surface area contributed by atoms with Crippen molar-refractivity contribution in [3.8, 4) is 11.5 Å². The fourth-order valence-corrected chi connectivity index (χ4v) is 4.71. The number of ether oxygens (including phenoxy) is 2. The standard InChI is InChI=1S/C25H19ClN4O2/c1-31-16-12-10-15(11-13-16)23-21-22(29-25-27-14-28-30(23)25)18-7-3-5-9-20(18)32-24(21)17-6-2-4-8-19(17)26/h2-14,23-24H,1H3,(H,27,28,29)/t23-,24-/m1/s1. The van der Waals surface area contributed by atoms with Gasteiger partial charge in [0.2, 0.25) is 5.95 Å². The van der Waals surface area contributed by atoms with Crippen LogP contribution in [0.25, 0.3) is 5.70 Å². The molecule has 1 aromatic heterocycles. The molecule has 0 aliphatic carbocycles. The van der Waals surface area contributed by atoms with Gasteiger partial charge >= 0.3 is 0 Å². The van der Waals surface area contributed by atoms with Crippen LogP contribution in [0, 0.1) is 0 Å². The van der Waals surface area contributed by atoms with E-state index in [0.717, 1.165) is 39.5 Å². The quantitative estimate of drug-likeness (QED) is 0.454. The predicted molar refractivity (Wildman–Crippen MR) is 123 cm³/mol. The van der Waals surface area contributed by atoms with Crippen LogP contribution >= 0.6 is 11.6 Å². The second-order valence-electron chi connectivity index (χ2n) is 7.67. The fourth-order valence-electron chi connectivity index (χ4n) is 4.47. The number of halogens is 1. The van der Waals surface area contributed by atoms with Crippen molar-refractivity contribution in [3.05, 3.63) is 106 Å². The number of fused-ring (bicyclic) bond motifs is 3. The van der Waals surface area contributed by atoms with E-state index in [0.29, 0.717) is 11.0 Å². The first-order chi connectivity index (χ1) is 15.7. The Labute approximate surface area is 190 Å². The van der Waals surface area contributed by atoms with Gasteiger partial charge in [-0.3, -0.25) is 0 Å². The second kappa shape index (κ2) is 7.43. The molecule has 2 aliphatic heterocycles. The van der Waals surface area contributed by atoms with Crippen molar-refractivity contribution in [2.24, 2.45) is 0 Å². The molecule has 2 atom stereocenters. The average molecular weight is 443 g/mol. The van der Waals surface area contributed by atoms with Gasteiger partial charge in [0.15, 0.2) is 6.10 Å².